The van der Waals surface area contributed by atoms with Crippen LogP contribution in [0.15, 0.2) is 59.6 Å². The summed E-state index contributed by atoms with van der Waals surface area (Å²) in [5.41, 5.74) is 7.67. The molecule has 0 fully saturated rings. The van der Waals surface area contributed by atoms with E-state index in [1.165, 1.54) is 18.2 Å². The molecule has 0 atom stereocenters. The number of hydrogen-bond donors (Lipinski definition) is 1. The zero-order chi connectivity index (χ0) is 21.2. The number of carbonyl (C=O) groups is 1. The molecule has 0 saturated carbocycles. The van der Waals surface area contributed by atoms with E-state index >= 15 is 0 Å². The average Bonchev–Trinajstić information content (AvgIpc) is 2.93. The SMILES string of the molecule is CC(=O)Nc1ccc(N=Cc2cc(C)n(-c3ccc(C(C)(C)C)cc3)c2C)cc1. The minimum absolute atomic E-state index is 0.0794. The van der Waals surface area contributed by atoms with Crippen LogP contribution >= 0.6 is 0 Å². The summed E-state index contributed by atoms with van der Waals surface area (Å²) in [6.45, 7) is 12.4. The quantitative estimate of drug-likeness (QED) is 0.540. The first-order valence-electron chi connectivity index (χ1n) is 9.87. The molecule has 0 unspecified atom stereocenters. The lowest BCUT2D eigenvalue weighted by Crippen LogP contribution is -2.11. The van der Waals surface area contributed by atoms with Gasteiger partial charge in [0, 0.05) is 41.5 Å². The van der Waals surface area contributed by atoms with Crippen LogP contribution in [0, 0.1) is 13.8 Å². The second kappa shape index (κ2) is 8.08. The van der Waals surface area contributed by atoms with Crippen molar-refractivity contribution >= 4 is 23.5 Å². The Bertz CT molecular complexity index is 1030. The van der Waals surface area contributed by atoms with E-state index in [1.54, 1.807) is 0 Å². The van der Waals surface area contributed by atoms with E-state index in [-0.39, 0.29) is 11.3 Å². The average molecular weight is 388 g/mol. The highest BCUT2D eigenvalue weighted by Gasteiger charge is 2.14. The zero-order valence-corrected chi connectivity index (χ0v) is 18.1. The maximum atomic E-state index is 11.1. The molecular weight excluding hydrogens is 358 g/mol. The lowest BCUT2D eigenvalue weighted by molar-refractivity contribution is -0.114. The maximum Gasteiger partial charge on any atom is 0.221 e. The van der Waals surface area contributed by atoms with Crippen molar-refractivity contribution in [2.45, 2.75) is 47.0 Å². The normalized spacial score (nSPS) is 11.8. The predicted molar refractivity (Wildman–Crippen MR) is 122 cm³/mol. The number of amides is 1. The van der Waals surface area contributed by atoms with Gasteiger partial charge in [-0.05, 0) is 67.3 Å². The van der Waals surface area contributed by atoms with E-state index in [9.17, 15) is 4.79 Å². The molecule has 3 rings (SSSR count). The number of anilines is 1. The van der Waals surface area contributed by atoms with Crippen molar-refractivity contribution in [2.75, 3.05) is 5.32 Å². The summed E-state index contributed by atoms with van der Waals surface area (Å²) in [7, 11) is 0. The first-order chi connectivity index (χ1) is 13.6. The van der Waals surface area contributed by atoms with Gasteiger partial charge in [0.25, 0.3) is 0 Å². The number of nitrogens with zero attached hydrogens (tertiary/aromatic N) is 2. The van der Waals surface area contributed by atoms with Crippen molar-refractivity contribution in [1.82, 2.24) is 4.57 Å². The summed E-state index contributed by atoms with van der Waals surface area (Å²) in [5.74, 6) is -0.0794. The highest BCUT2D eigenvalue weighted by Crippen LogP contribution is 2.26. The molecule has 0 saturated heterocycles. The molecule has 4 nitrogen and oxygen atoms in total. The summed E-state index contributed by atoms with van der Waals surface area (Å²) >= 11 is 0. The van der Waals surface area contributed by atoms with Crippen LogP contribution in [0.25, 0.3) is 5.69 Å². The van der Waals surface area contributed by atoms with Gasteiger partial charge in [-0.2, -0.15) is 0 Å². The van der Waals surface area contributed by atoms with Gasteiger partial charge in [-0.1, -0.05) is 32.9 Å². The molecule has 0 radical (unpaired) electrons. The number of aliphatic imine (C=N–C) groups is 1. The van der Waals surface area contributed by atoms with Crippen molar-refractivity contribution in [3.05, 3.63) is 77.1 Å². The zero-order valence-electron chi connectivity index (χ0n) is 18.1. The van der Waals surface area contributed by atoms with Crippen molar-refractivity contribution in [1.29, 1.82) is 0 Å². The minimum atomic E-state index is -0.0794. The Morgan fingerprint density at radius 2 is 1.62 bits per heavy atom. The molecule has 150 valence electrons. The lowest BCUT2D eigenvalue weighted by Gasteiger charge is -2.20. The largest absolute Gasteiger partial charge is 0.326 e. The third-order valence-electron chi connectivity index (χ3n) is 5.00. The lowest BCUT2D eigenvalue weighted by atomic mass is 9.87. The maximum absolute atomic E-state index is 11.1. The fourth-order valence-electron chi connectivity index (χ4n) is 3.40. The standard InChI is InChI=1S/C25H29N3O/c1-17-15-20(16-26-22-9-11-23(12-10-22)27-19(3)29)18(2)28(17)24-13-7-21(8-14-24)25(4,5)6/h7-16H,1-6H3,(H,27,29). The molecule has 1 heterocycles. The molecule has 0 spiro atoms. The minimum Gasteiger partial charge on any atom is -0.326 e. The number of carbonyl (C=O) groups excluding carboxylic acids is 1. The predicted octanol–water partition coefficient (Wildman–Crippen LogP) is 6.10. The van der Waals surface area contributed by atoms with Crippen LogP contribution in [-0.4, -0.2) is 16.7 Å². The van der Waals surface area contributed by atoms with Crippen molar-refractivity contribution in [3.8, 4) is 5.69 Å². The third-order valence-corrected chi connectivity index (χ3v) is 5.00. The molecule has 29 heavy (non-hydrogen) atoms. The smallest absolute Gasteiger partial charge is 0.221 e. The van der Waals surface area contributed by atoms with Gasteiger partial charge in [-0.15, -0.1) is 0 Å². The van der Waals surface area contributed by atoms with Crippen molar-refractivity contribution in [2.24, 2.45) is 4.99 Å². The number of aromatic nitrogens is 1. The molecule has 1 amide bonds. The van der Waals surface area contributed by atoms with E-state index in [1.807, 2.05) is 30.5 Å². The molecule has 1 aromatic heterocycles. The van der Waals surface area contributed by atoms with Crippen LogP contribution in [0.5, 0.6) is 0 Å². The second-order valence-electron chi connectivity index (χ2n) is 8.45. The summed E-state index contributed by atoms with van der Waals surface area (Å²) in [4.78, 5) is 15.7. The summed E-state index contributed by atoms with van der Waals surface area (Å²) in [6.07, 6.45) is 1.90. The molecule has 2 aromatic carbocycles. The number of hydrogen-bond acceptors (Lipinski definition) is 2. The first kappa shape index (κ1) is 20.6. The van der Waals surface area contributed by atoms with E-state index in [2.05, 4.69) is 79.8 Å². The summed E-state index contributed by atoms with van der Waals surface area (Å²) in [6, 6.07) is 18.4. The summed E-state index contributed by atoms with van der Waals surface area (Å²) in [5, 5.41) is 2.76. The van der Waals surface area contributed by atoms with Crippen molar-refractivity contribution < 1.29 is 4.79 Å². The Labute approximate surface area is 173 Å². The van der Waals surface area contributed by atoms with Gasteiger partial charge in [0.2, 0.25) is 5.91 Å². The van der Waals surface area contributed by atoms with Crippen LogP contribution in [0.3, 0.4) is 0 Å². The topological polar surface area (TPSA) is 46.4 Å². The fourth-order valence-corrected chi connectivity index (χ4v) is 3.40. The van der Waals surface area contributed by atoms with Gasteiger partial charge < -0.3 is 9.88 Å². The van der Waals surface area contributed by atoms with Crippen molar-refractivity contribution in [3.63, 3.8) is 0 Å². The van der Waals surface area contributed by atoms with Crippen LogP contribution in [0.4, 0.5) is 11.4 Å². The molecule has 0 aliphatic carbocycles. The van der Waals surface area contributed by atoms with E-state index in [0.717, 1.165) is 28.3 Å². The molecule has 4 heteroatoms. The molecule has 0 aliphatic heterocycles. The molecular formula is C25H29N3O. The van der Waals surface area contributed by atoms with Gasteiger partial charge in [0.15, 0.2) is 0 Å². The monoisotopic (exact) mass is 387 g/mol. The molecule has 3 aromatic rings. The second-order valence-corrected chi connectivity index (χ2v) is 8.45. The molecule has 1 N–H and O–H groups in total. The van der Waals surface area contributed by atoms with Gasteiger partial charge in [-0.25, -0.2) is 0 Å². The first-order valence-corrected chi connectivity index (χ1v) is 9.87. The van der Waals surface area contributed by atoms with E-state index in [4.69, 9.17) is 0 Å². The molecule has 0 bridgehead atoms. The number of nitrogens with one attached hydrogen (secondary N) is 1. The van der Waals surface area contributed by atoms with Crippen LogP contribution in [0.2, 0.25) is 0 Å². The Balaban J connectivity index is 1.84. The number of benzene rings is 2. The number of rotatable bonds is 4. The van der Waals surface area contributed by atoms with Crippen LogP contribution < -0.4 is 5.32 Å². The Morgan fingerprint density at radius 3 is 2.17 bits per heavy atom. The summed E-state index contributed by atoms with van der Waals surface area (Å²) < 4.78 is 2.26. The number of aryl methyl sites for hydroxylation is 1. The van der Waals surface area contributed by atoms with Crippen LogP contribution in [-0.2, 0) is 10.2 Å². The van der Waals surface area contributed by atoms with Crippen LogP contribution in [0.1, 0.15) is 50.2 Å². The van der Waals surface area contributed by atoms with Gasteiger partial charge in [0.1, 0.15) is 0 Å². The third kappa shape index (κ3) is 4.83. The molecule has 0 aliphatic rings. The Morgan fingerprint density at radius 1 is 1.00 bits per heavy atom. The van der Waals surface area contributed by atoms with E-state index in [0.29, 0.717) is 0 Å². The Hall–Kier alpha value is -3.14. The van der Waals surface area contributed by atoms with Gasteiger partial charge in [-0.3, -0.25) is 9.79 Å². The van der Waals surface area contributed by atoms with Gasteiger partial charge >= 0.3 is 0 Å². The highest BCUT2D eigenvalue weighted by atomic mass is 16.1. The van der Waals surface area contributed by atoms with Gasteiger partial charge in [0.05, 0.1) is 5.69 Å². The Kier molecular flexibility index (Phi) is 5.73. The van der Waals surface area contributed by atoms with E-state index < -0.39 is 0 Å². The fraction of sp³-hybridized carbons (Fsp3) is 0.280. The highest BCUT2D eigenvalue weighted by molar-refractivity contribution is 5.89.